The Morgan fingerprint density at radius 3 is 1.81 bits per heavy atom. The number of nitrogens with one attached hydrogen (secondary N) is 1. The van der Waals surface area contributed by atoms with Gasteiger partial charge in [-0.25, -0.2) is 0 Å². The van der Waals surface area contributed by atoms with Gasteiger partial charge in [0.05, 0.1) is 11.5 Å². The van der Waals surface area contributed by atoms with Crippen LogP contribution < -0.4 is 5.32 Å². The van der Waals surface area contributed by atoms with Gasteiger partial charge in [-0.3, -0.25) is 14.4 Å². The minimum atomic E-state index is -0.576. The summed E-state index contributed by atoms with van der Waals surface area (Å²) in [5.41, 5.74) is -1.11. The molecule has 0 aliphatic heterocycles. The average molecular weight is 319 g/mol. The Morgan fingerprint density at radius 2 is 1.33 bits per heavy atom. The predicted molar refractivity (Wildman–Crippen MR) is 82.0 cm³/mol. The number of ether oxygens (including phenoxy) is 2. The Bertz CT molecular complexity index is 382. The molecule has 0 heterocycles. The van der Waals surface area contributed by atoms with Crippen LogP contribution >= 0.6 is 11.8 Å². The smallest absolute Gasteiger partial charge is 0.325 e. The normalized spacial score (nSPS) is 11.7. The monoisotopic (exact) mass is 319 g/mol. The third-order valence-corrected chi connectivity index (χ3v) is 2.63. The van der Waals surface area contributed by atoms with E-state index in [2.05, 4.69) is 5.32 Å². The molecule has 21 heavy (non-hydrogen) atoms. The summed E-state index contributed by atoms with van der Waals surface area (Å²) >= 11 is 1.14. The second-order valence-corrected chi connectivity index (χ2v) is 7.43. The second-order valence-electron chi connectivity index (χ2n) is 6.44. The third-order valence-electron chi connectivity index (χ3n) is 1.72. The number of amides is 1. The van der Waals surface area contributed by atoms with Gasteiger partial charge >= 0.3 is 11.9 Å². The first kappa shape index (κ1) is 19.8. The Hall–Kier alpha value is -1.24. The van der Waals surface area contributed by atoms with Gasteiger partial charge in [0, 0.05) is 0 Å². The van der Waals surface area contributed by atoms with E-state index in [4.69, 9.17) is 9.47 Å². The lowest BCUT2D eigenvalue weighted by atomic mass is 10.2. The first-order valence-corrected chi connectivity index (χ1v) is 7.83. The van der Waals surface area contributed by atoms with Crippen molar-refractivity contribution in [1.29, 1.82) is 0 Å². The summed E-state index contributed by atoms with van der Waals surface area (Å²) < 4.78 is 10.2. The fourth-order valence-electron chi connectivity index (χ4n) is 1.20. The molecule has 0 bridgehead atoms. The van der Waals surface area contributed by atoms with Gasteiger partial charge < -0.3 is 14.8 Å². The zero-order valence-electron chi connectivity index (χ0n) is 13.6. The van der Waals surface area contributed by atoms with Gasteiger partial charge in [-0.2, -0.15) is 0 Å². The molecule has 0 aromatic heterocycles. The SMILES string of the molecule is CC(C)(C)OC(=O)CNC(=O)CSCC(=O)OC(C)(C)C. The quantitative estimate of drug-likeness (QED) is 0.748. The molecule has 0 radical (unpaired) electrons. The first-order chi connectivity index (χ1) is 9.39. The Balaban J connectivity index is 3.82. The molecule has 0 rings (SSSR count). The largest absolute Gasteiger partial charge is 0.459 e. The summed E-state index contributed by atoms with van der Waals surface area (Å²) in [5, 5.41) is 2.44. The molecule has 0 aliphatic rings. The Labute approximate surface area is 130 Å². The molecule has 0 aliphatic carbocycles. The Morgan fingerprint density at radius 1 is 0.857 bits per heavy atom. The predicted octanol–water partition coefficient (Wildman–Crippen LogP) is 1.52. The molecule has 0 atom stereocenters. The van der Waals surface area contributed by atoms with Crippen LogP contribution in [0.5, 0.6) is 0 Å². The van der Waals surface area contributed by atoms with Crippen LogP contribution in [-0.2, 0) is 23.9 Å². The van der Waals surface area contributed by atoms with Crippen LogP contribution in [0.15, 0.2) is 0 Å². The van der Waals surface area contributed by atoms with E-state index in [1.165, 1.54) is 0 Å². The zero-order chi connectivity index (χ0) is 16.7. The molecule has 0 spiro atoms. The summed E-state index contributed by atoms with van der Waals surface area (Å²) in [4.78, 5) is 34.3. The molecule has 0 fully saturated rings. The summed E-state index contributed by atoms with van der Waals surface area (Å²) in [6.07, 6.45) is 0. The van der Waals surface area contributed by atoms with Crippen molar-refractivity contribution in [3.63, 3.8) is 0 Å². The minimum Gasteiger partial charge on any atom is -0.459 e. The summed E-state index contributed by atoms with van der Waals surface area (Å²) in [7, 11) is 0. The van der Waals surface area contributed by atoms with Crippen LogP contribution in [0.4, 0.5) is 0 Å². The lowest BCUT2D eigenvalue weighted by Gasteiger charge is -2.19. The summed E-state index contributed by atoms with van der Waals surface area (Å²) in [6, 6.07) is 0. The number of hydrogen-bond acceptors (Lipinski definition) is 6. The molecule has 1 amide bonds. The molecule has 0 aromatic carbocycles. The maximum Gasteiger partial charge on any atom is 0.325 e. The summed E-state index contributed by atoms with van der Waals surface area (Å²) in [6.45, 7) is 10.4. The van der Waals surface area contributed by atoms with Crippen molar-refractivity contribution in [3.05, 3.63) is 0 Å². The van der Waals surface area contributed by atoms with Crippen LogP contribution in [0.1, 0.15) is 41.5 Å². The maximum atomic E-state index is 11.5. The highest BCUT2D eigenvalue weighted by molar-refractivity contribution is 8.00. The fraction of sp³-hybridized carbons (Fsp3) is 0.786. The number of thioether (sulfide) groups is 1. The highest BCUT2D eigenvalue weighted by atomic mass is 32.2. The number of rotatable bonds is 6. The lowest BCUT2D eigenvalue weighted by molar-refractivity contribution is -0.154. The van der Waals surface area contributed by atoms with Crippen molar-refractivity contribution in [1.82, 2.24) is 5.32 Å². The average Bonchev–Trinajstić information content (AvgIpc) is 2.21. The van der Waals surface area contributed by atoms with E-state index >= 15 is 0 Å². The lowest BCUT2D eigenvalue weighted by Crippen LogP contribution is -2.35. The molecule has 0 aromatic rings. The van der Waals surface area contributed by atoms with Crippen LogP contribution in [0, 0.1) is 0 Å². The van der Waals surface area contributed by atoms with E-state index in [1.807, 2.05) is 0 Å². The number of hydrogen-bond donors (Lipinski definition) is 1. The van der Waals surface area contributed by atoms with E-state index in [-0.39, 0.29) is 29.9 Å². The first-order valence-electron chi connectivity index (χ1n) is 6.67. The van der Waals surface area contributed by atoms with E-state index in [0.717, 1.165) is 11.8 Å². The van der Waals surface area contributed by atoms with Crippen molar-refractivity contribution in [3.8, 4) is 0 Å². The molecule has 1 N–H and O–H groups in total. The van der Waals surface area contributed by atoms with Crippen molar-refractivity contribution in [2.75, 3.05) is 18.1 Å². The van der Waals surface area contributed by atoms with Crippen molar-refractivity contribution in [2.45, 2.75) is 52.7 Å². The van der Waals surface area contributed by atoms with Crippen LogP contribution in [0.25, 0.3) is 0 Å². The fourth-order valence-corrected chi connectivity index (χ4v) is 1.81. The van der Waals surface area contributed by atoms with Crippen LogP contribution in [0.2, 0.25) is 0 Å². The van der Waals surface area contributed by atoms with Crippen molar-refractivity contribution < 1.29 is 23.9 Å². The maximum absolute atomic E-state index is 11.5. The molecule has 0 saturated carbocycles. The number of carbonyl (C=O) groups is 3. The van der Waals surface area contributed by atoms with Crippen LogP contribution in [0.3, 0.4) is 0 Å². The molecular weight excluding hydrogens is 294 g/mol. The Kier molecular flexibility index (Phi) is 7.78. The molecule has 7 heteroatoms. The van der Waals surface area contributed by atoms with Gasteiger partial charge in [-0.05, 0) is 41.5 Å². The third kappa shape index (κ3) is 13.5. The molecule has 0 unspecified atom stereocenters. The van der Waals surface area contributed by atoms with Gasteiger partial charge in [0.15, 0.2) is 0 Å². The van der Waals surface area contributed by atoms with E-state index in [9.17, 15) is 14.4 Å². The van der Waals surface area contributed by atoms with Crippen molar-refractivity contribution >= 4 is 29.6 Å². The number of carbonyl (C=O) groups excluding carboxylic acids is 3. The van der Waals surface area contributed by atoms with Crippen molar-refractivity contribution in [2.24, 2.45) is 0 Å². The second kappa shape index (κ2) is 8.26. The van der Waals surface area contributed by atoms with E-state index in [1.54, 1.807) is 41.5 Å². The highest BCUT2D eigenvalue weighted by Crippen LogP contribution is 2.10. The molecule has 0 saturated heterocycles. The molecular formula is C14H25NO5S. The minimum absolute atomic E-state index is 0.0854. The number of esters is 2. The topological polar surface area (TPSA) is 81.7 Å². The van der Waals surface area contributed by atoms with E-state index in [0.29, 0.717) is 0 Å². The van der Waals surface area contributed by atoms with Gasteiger partial charge in [0.1, 0.15) is 17.7 Å². The van der Waals surface area contributed by atoms with E-state index < -0.39 is 17.2 Å². The highest BCUT2D eigenvalue weighted by Gasteiger charge is 2.18. The zero-order valence-corrected chi connectivity index (χ0v) is 14.4. The standard InChI is InChI=1S/C14H25NO5S/c1-13(2,3)19-11(17)7-15-10(16)8-21-9-12(18)20-14(4,5)6/h7-9H2,1-6H3,(H,15,16). The van der Waals surface area contributed by atoms with Crippen LogP contribution in [-0.4, -0.2) is 47.1 Å². The van der Waals surface area contributed by atoms with Gasteiger partial charge in [0.2, 0.25) is 5.91 Å². The molecule has 6 nitrogen and oxygen atoms in total. The molecule has 122 valence electrons. The van der Waals surface area contributed by atoms with Gasteiger partial charge in [0.25, 0.3) is 0 Å². The van der Waals surface area contributed by atoms with Gasteiger partial charge in [-0.1, -0.05) is 0 Å². The summed E-state index contributed by atoms with van der Waals surface area (Å²) in [5.74, 6) is -1.01. The van der Waals surface area contributed by atoms with Gasteiger partial charge in [-0.15, -0.1) is 11.8 Å².